The van der Waals surface area contributed by atoms with Gasteiger partial charge in [-0.05, 0) is 29.5 Å². The van der Waals surface area contributed by atoms with Crippen molar-refractivity contribution in [1.82, 2.24) is 10.2 Å². The number of hydrogen-bond donors (Lipinski definition) is 3. The molecule has 0 saturated heterocycles. The molecule has 0 amide bonds. The topological polar surface area (TPSA) is 121 Å². The molecule has 19 heavy (non-hydrogen) atoms. The average molecular weight is 262 g/mol. The van der Waals surface area contributed by atoms with Crippen molar-refractivity contribution in [2.45, 2.75) is 6.92 Å². The van der Waals surface area contributed by atoms with Gasteiger partial charge in [-0.15, -0.1) is 5.10 Å². The van der Waals surface area contributed by atoms with Crippen LogP contribution < -0.4 is 5.32 Å². The van der Waals surface area contributed by atoms with E-state index >= 15 is 0 Å². The number of nitrogens with zero attached hydrogens (tertiary/aromatic N) is 2. The molecule has 8 heteroatoms. The summed E-state index contributed by atoms with van der Waals surface area (Å²) in [6, 6.07) is 4.67. The highest BCUT2D eigenvalue weighted by molar-refractivity contribution is 5.91. The lowest BCUT2D eigenvalue weighted by molar-refractivity contribution is -0.388. The molecule has 0 aliphatic carbocycles. The summed E-state index contributed by atoms with van der Waals surface area (Å²) in [6.45, 7) is 1.67. The van der Waals surface area contributed by atoms with Crippen LogP contribution in [0.4, 0.5) is 17.2 Å². The number of benzene rings is 1. The van der Waals surface area contributed by atoms with Crippen molar-refractivity contribution < 1.29 is 14.8 Å². The standard InChI is InChI=1S/C11H10N4O4/c1-6-2-3-7(4-8(6)11(16)17)13-9-5-12-14-10(9)15(18)19/h2-5,13H,1H3,(H,12,14)(H,16,17). The lowest BCUT2D eigenvalue weighted by Crippen LogP contribution is -2.01. The number of aromatic carboxylic acids is 1. The number of hydrogen-bond acceptors (Lipinski definition) is 5. The van der Waals surface area contributed by atoms with Crippen LogP contribution >= 0.6 is 0 Å². The molecule has 0 radical (unpaired) electrons. The first-order chi connectivity index (χ1) is 8.99. The molecule has 3 N–H and O–H groups in total. The van der Waals surface area contributed by atoms with Gasteiger partial charge in [-0.25, -0.2) is 4.79 Å². The van der Waals surface area contributed by atoms with E-state index in [0.717, 1.165) is 0 Å². The summed E-state index contributed by atoms with van der Waals surface area (Å²) in [6.07, 6.45) is 1.26. The van der Waals surface area contributed by atoms with Gasteiger partial charge in [-0.1, -0.05) is 11.2 Å². The van der Waals surface area contributed by atoms with Gasteiger partial charge < -0.3 is 20.5 Å². The van der Waals surface area contributed by atoms with Gasteiger partial charge in [0.05, 0.1) is 5.56 Å². The molecule has 0 bridgehead atoms. The van der Waals surface area contributed by atoms with E-state index in [1.165, 1.54) is 12.3 Å². The van der Waals surface area contributed by atoms with E-state index < -0.39 is 10.9 Å². The van der Waals surface area contributed by atoms with Crippen LogP contribution in [-0.4, -0.2) is 26.2 Å². The van der Waals surface area contributed by atoms with E-state index in [-0.39, 0.29) is 17.1 Å². The summed E-state index contributed by atoms with van der Waals surface area (Å²) in [5.41, 5.74) is 1.36. The highest BCUT2D eigenvalue weighted by atomic mass is 16.6. The normalized spacial score (nSPS) is 10.2. The van der Waals surface area contributed by atoms with Crippen molar-refractivity contribution in [2.75, 3.05) is 5.32 Å². The molecule has 0 atom stereocenters. The van der Waals surface area contributed by atoms with Gasteiger partial charge in [0.25, 0.3) is 0 Å². The third kappa shape index (κ3) is 2.51. The van der Waals surface area contributed by atoms with E-state index in [1.54, 1.807) is 19.1 Å². The first-order valence-corrected chi connectivity index (χ1v) is 5.28. The second kappa shape index (κ2) is 4.77. The molecule has 0 spiro atoms. The number of nitro groups is 1. The number of aromatic amines is 1. The van der Waals surface area contributed by atoms with Crippen LogP contribution in [0, 0.1) is 17.0 Å². The Hall–Kier alpha value is -2.90. The fourth-order valence-corrected chi connectivity index (χ4v) is 1.60. The number of carboxylic acids is 1. The van der Waals surface area contributed by atoms with Gasteiger partial charge in [0, 0.05) is 5.69 Å². The number of H-pyrrole nitrogens is 1. The second-order valence-electron chi connectivity index (χ2n) is 3.85. The van der Waals surface area contributed by atoms with Crippen molar-refractivity contribution in [1.29, 1.82) is 0 Å². The van der Waals surface area contributed by atoms with Crippen molar-refractivity contribution in [3.05, 3.63) is 45.6 Å². The van der Waals surface area contributed by atoms with Gasteiger partial charge >= 0.3 is 11.8 Å². The lowest BCUT2D eigenvalue weighted by Gasteiger charge is -2.06. The molecular formula is C11H10N4O4. The summed E-state index contributed by atoms with van der Waals surface area (Å²) >= 11 is 0. The van der Waals surface area contributed by atoms with Crippen molar-refractivity contribution in [2.24, 2.45) is 0 Å². The molecule has 1 heterocycles. The maximum absolute atomic E-state index is 11.0. The maximum atomic E-state index is 11.0. The van der Waals surface area contributed by atoms with Gasteiger partial charge in [-0.2, -0.15) is 0 Å². The Bertz CT molecular complexity index is 650. The molecule has 0 unspecified atom stereocenters. The van der Waals surface area contributed by atoms with Gasteiger partial charge in [0.1, 0.15) is 6.20 Å². The van der Waals surface area contributed by atoms with Gasteiger partial charge in [0.2, 0.25) is 0 Å². The zero-order valence-corrected chi connectivity index (χ0v) is 9.88. The van der Waals surface area contributed by atoms with Crippen LogP contribution in [0.15, 0.2) is 24.4 Å². The Morgan fingerprint density at radius 1 is 1.53 bits per heavy atom. The average Bonchev–Trinajstić information content (AvgIpc) is 2.79. The summed E-state index contributed by atoms with van der Waals surface area (Å²) in [7, 11) is 0. The molecule has 0 aliphatic heterocycles. The van der Waals surface area contributed by atoms with Crippen LogP contribution in [0.2, 0.25) is 0 Å². The summed E-state index contributed by atoms with van der Waals surface area (Å²) in [4.78, 5) is 21.1. The Labute approximate surface area is 107 Å². The number of carbonyl (C=O) groups is 1. The number of nitrogens with one attached hydrogen (secondary N) is 2. The fraction of sp³-hybridized carbons (Fsp3) is 0.0909. The molecule has 0 aliphatic rings. The summed E-state index contributed by atoms with van der Waals surface area (Å²) < 4.78 is 0. The largest absolute Gasteiger partial charge is 0.478 e. The number of carboxylic acid groups (broad SMARTS) is 1. The van der Waals surface area contributed by atoms with Crippen molar-refractivity contribution in [3.63, 3.8) is 0 Å². The first kappa shape index (κ1) is 12.6. The number of rotatable bonds is 4. The predicted molar refractivity (Wildman–Crippen MR) is 66.7 cm³/mol. The second-order valence-corrected chi connectivity index (χ2v) is 3.85. The Morgan fingerprint density at radius 2 is 2.26 bits per heavy atom. The minimum atomic E-state index is -1.05. The van der Waals surface area contributed by atoms with E-state index in [2.05, 4.69) is 15.5 Å². The number of aryl methyl sites for hydroxylation is 1. The highest BCUT2D eigenvalue weighted by Gasteiger charge is 2.15. The molecule has 8 nitrogen and oxygen atoms in total. The third-order valence-corrected chi connectivity index (χ3v) is 2.55. The Balaban J connectivity index is 2.33. The SMILES string of the molecule is Cc1ccc(Nc2cn[nH]c2[N+](=O)[O-])cc1C(=O)O. The maximum Gasteiger partial charge on any atom is 0.366 e. The zero-order chi connectivity index (χ0) is 14.0. The van der Waals surface area contributed by atoms with E-state index in [1.807, 2.05) is 0 Å². The molecule has 1 aromatic carbocycles. The number of anilines is 2. The molecule has 0 fully saturated rings. The Kier molecular flexibility index (Phi) is 3.15. The Morgan fingerprint density at radius 3 is 2.89 bits per heavy atom. The lowest BCUT2D eigenvalue weighted by atomic mass is 10.1. The van der Waals surface area contributed by atoms with E-state index in [0.29, 0.717) is 11.3 Å². The van der Waals surface area contributed by atoms with Crippen LogP contribution in [-0.2, 0) is 0 Å². The predicted octanol–water partition coefficient (Wildman–Crippen LogP) is 2.07. The van der Waals surface area contributed by atoms with Gasteiger partial charge in [-0.3, -0.25) is 0 Å². The van der Waals surface area contributed by atoms with Crippen LogP contribution in [0.5, 0.6) is 0 Å². The number of aromatic nitrogens is 2. The molecular weight excluding hydrogens is 252 g/mol. The minimum absolute atomic E-state index is 0.135. The molecule has 2 aromatic rings. The molecule has 2 rings (SSSR count). The van der Waals surface area contributed by atoms with Crippen LogP contribution in [0.3, 0.4) is 0 Å². The monoisotopic (exact) mass is 262 g/mol. The summed E-state index contributed by atoms with van der Waals surface area (Å²) in [5, 5.41) is 28.3. The van der Waals surface area contributed by atoms with Crippen LogP contribution in [0.25, 0.3) is 0 Å². The molecule has 0 saturated carbocycles. The highest BCUT2D eigenvalue weighted by Crippen LogP contribution is 2.25. The fourth-order valence-electron chi connectivity index (χ4n) is 1.60. The van der Waals surface area contributed by atoms with E-state index in [9.17, 15) is 14.9 Å². The molecule has 98 valence electrons. The smallest absolute Gasteiger partial charge is 0.366 e. The summed E-state index contributed by atoms with van der Waals surface area (Å²) in [5.74, 6) is -1.33. The quantitative estimate of drug-likeness (QED) is 0.572. The zero-order valence-electron chi connectivity index (χ0n) is 9.88. The molecule has 1 aromatic heterocycles. The van der Waals surface area contributed by atoms with Crippen LogP contribution in [0.1, 0.15) is 15.9 Å². The van der Waals surface area contributed by atoms with E-state index in [4.69, 9.17) is 5.11 Å². The van der Waals surface area contributed by atoms with Crippen molar-refractivity contribution >= 4 is 23.2 Å². The minimum Gasteiger partial charge on any atom is -0.478 e. The van der Waals surface area contributed by atoms with Gasteiger partial charge in [0.15, 0.2) is 5.69 Å². The first-order valence-electron chi connectivity index (χ1n) is 5.28. The van der Waals surface area contributed by atoms with Crippen molar-refractivity contribution in [3.8, 4) is 0 Å². The third-order valence-electron chi connectivity index (χ3n) is 2.55.